The van der Waals surface area contributed by atoms with Gasteiger partial charge in [-0.15, -0.1) is 23.2 Å². The molecule has 0 amide bonds. The van der Waals surface area contributed by atoms with Crippen molar-refractivity contribution in [2.75, 3.05) is 11.8 Å². The molecule has 1 aromatic carbocycles. The summed E-state index contributed by atoms with van der Waals surface area (Å²) >= 11 is 11.9. The van der Waals surface area contributed by atoms with Crippen LogP contribution >= 0.6 is 23.2 Å². The molecule has 1 aromatic rings. The highest BCUT2D eigenvalue weighted by molar-refractivity contribution is 7.90. The number of hydrogen-bond donors (Lipinski definition) is 1. The Morgan fingerprint density at radius 2 is 1.89 bits per heavy atom. The fourth-order valence-electron chi connectivity index (χ4n) is 1.82. The molecule has 0 aromatic heterocycles. The summed E-state index contributed by atoms with van der Waals surface area (Å²) in [7, 11) is -3.52. The van der Waals surface area contributed by atoms with E-state index >= 15 is 0 Å². The number of benzene rings is 1. The van der Waals surface area contributed by atoms with Gasteiger partial charge < -0.3 is 0 Å². The van der Waals surface area contributed by atoms with Crippen molar-refractivity contribution in [2.24, 2.45) is 4.99 Å². The van der Waals surface area contributed by atoms with Crippen molar-refractivity contribution in [1.82, 2.24) is 4.72 Å². The second kappa shape index (κ2) is 5.31. The summed E-state index contributed by atoms with van der Waals surface area (Å²) in [5.41, 5.74) is -0.0890. The topological polar surface area (TPSA) is 58.5 Å². The van der Waals surface area contributed by atoms with Crippen LogP contribution in [0.2, 0.25) is 0 Å². The van der Waals surface area contributed by atoms with Crippen LogP contribution in [0, 0.1) is 0 Å². The molecule has 0 bridgehead atoms. The molecule has 4 nitrogen and oxygen atoms in total. The van der Waals surface area contributed by atoms with Gasteiger partial charge in [0.05, 0.1) is 10.4 Å². The summed E-state index contributed by atoms with van der Waals surface area (Å²) in [5.74, 6) is 0.791. The minimum atomic E-state index is -3.52. The lowest BCUT2D eigenvalue weighted by molar-refractivity contribution is 0.517. The molecule has 1 aliphatic rings. The number of nitrogens with zero attached hydrogens (tertiary/aromatic N) is 1. The highest BCUT2D eigenvalue weighted by Gasteiger charge is 2.34. The van der Waals surface area contributed by atoms with Gasteiger partial charge in [-0.05, 0) is 18.6 Å². The summed E-state index contributed by atoms with van der Waals surface area (Å²) in [5, 5.41) is 0. The van der Waals surface area contributed by atoms with Crippen molar-refractivity contribution in [3.63, 3.8) is 0 Å². The molecule has 0 saturated heterocycles. The molecule has 1 heterocycles. The minimum Gasteiger partial charge on any atom is -0.263 e. The van der Waals surface area contributed by atoms with Crippen LogP contribution in [0.1, 0.15) is 18.9 Å². The van der Waals surface area contributed by atoms with Gasteiger partial charge in [-0.3, -0.25) is 9.71 Å². The molecule has 7 heteroatoms. The van der Waals surface area contributed by atoms with E-state index in [1.54, 1.807) is 24.3 Å². The molecular weight excluding hydrogens is 307 g/mol. The van der Waals surface area contributed by atoms with Gasteiger partial charge in [-0.25, -0.2) is 8.42 Å². The molecule has 0 unspecified atom stereocenters. The third-order valence-electron chi connectivity index (χ3n) is 3.17. The van der Waals surface area contributed by atoms with E-state index in [2.05, 4.69) is 9.71 Å². The molecule has 0 fully saturated rings. The third-order valence-corrected chi connectivity index (χ3v) is 5.56. The molecule has 0 aliphatic carbocycles. The quantitative estimate of drug-likeness (QED) is 0.866. The fourth-order valence-corrected chi connectivity index (χ4v) is 3.83. The smallest absolute Gasteiger partial charge is 0.263 e. The maximum atomic E-state index is 12.0. The Kier molecular flexibility index (Phi) is 4.08. The zero-order valence-corrected chi connectivity index (χ0v) is 12.7. The van der Waals surface area contributed by atoms with Crippen LogP contribution in [0.5, 0.6) is 0 Å². The average Bonchev–Trinajstić information content (AvgIpc) is 2.68. The lowest BCUT2D eigenvalue weighted by Gasteiger charge is -2.23. The number of rotatable bonds is 4. The van der Waals surface area contributed by atoms with Gasteiger partial charge >= 0.3 is 0 Å². The van der Waals surface area contributed by atoms with Gasteiger partial charge in [0.25, 0.3) is 10.0 Å². The summed E-state index contributed by atoms with van der Waals surface area (Å²) in [6, 6.07) is 6.72. The van der Waals surface area contributed by atoms with E-state index in [9.17, 15) is 8.42 Å². The van der Waals surface area contributed by atoms with E-state index in [0.29, 0.717) is 17.8 Å². The second-order valence-corrected chi connectivity index (χ2v) is 6.59. The summed E-state index contributed by atoms with van der Waals surface area (Å²) in [6.45, 7) is 1.92. The van der Waals surface area contributed by atoms with Gasteiger partial charge in [0.2, 0.25) is 0 Å². The molecule has 1 aliphatic heterocycles. The third kappa shape index (κ3) is 2.59. The van der Waals surface area contributed by atoms with Crippen molar-refractivity contribution in [2.45, 2.75) is 23.8 Å². The van der Waals surface area contributed by atoms with Crippen LogP contribution in [0.25, 0.3) is 0 Å². The Labute approximate surface area is 122 Å². The van der Waals surface area contributed by atoms with Crippen molar-refractivity contribution >= 4 is 39.1 Å². The number of alkyl halides is 2. The Morgan fingerprint density at radius 1 is 1.26 bits per heavy atom. The lowest BCUT2D eigenvalue weighted by Crippen LogP contribution is -2.34. The lowest BCUT2D eigenvalue weighted by atomic mass is 10.0. The molecule has 0 spiro atoms. The van der Waals surface area contributed by atoms with Gasteiger partial charge in [-0.1, -0.05) is 19.1 Å². The SMILES string of the molecule is CCC(CCl)(CCl)N=C1NS(=O)(=O)c2ccccc21. The van der Waals surface area contributed by atoms with E-state index in [1.165, 1.54) is 0 Å². The molecule has 0 saturated carbocycles. The molecule has 0 atom stereocenters. The van der Waals surface area contributed by atoms with Crippen LogP contribution in [0.15, 0.2) is 34.2 Å². The monoisotopic (exact) mass is 320 g/mol. The van der Waals surface area contributed by atoms with E-state index in [4.69, 9.17) is 23.2 Å². The Hall–Kier alpha value is -0.780. The summed E-state index contributed by atoms with van der Waals surface area (Å²) in [6.07, 6.45) is 0.632. The predicted octanol–water partition coefficient (Wildman–Crippen LogP) is 2.35. The highest BCUT2D eigenvalue weighted by Crippen LogP contribution is 2.26. The minimum absolute atomic E-state index is 0.237. The summed E-state index contributed by atoms with van der Waals surface area (Å²) in [4.78, 5) is 4.70. The maximum Gasteiger partial charge on any atom is 0.263 e. The van der Waals surface area contributed by atoms with Gasteiger partial charge in [0.1, 0.15) is 5.84 Å². The van der Waals surface area contributed by atoms with Crippen molar-refractivity contribution in [1.29, 1.82) is 0 Å². The average molecular weight is 321 g/mol. The molecule has 2 rings (SSSR count). The number of nitrogens with one attached hydrogen (secondary N) is 1. The first-order valence-corrected chi connectivity index (χ1v) is 8.37. The number of halogens is 2. The van der Waals surface area contributed by atoms with Crippen LogP contribution in [0.3, 0.4) is 0 Å². The van der Waals surface area contributed by atoms with E-state index in [-0.39, 0.29) is 16.7 Å². The Morgan fingerprint density at radius 3 is 2.47 bits per heavy atom. The Bertz CT molecular complexity index is 602. The zero-order valence-electron chi connectivity index (χ0n) is 10.4. The van der Waals surface area contributed by atoms with Crippen molar-refractivity contribution in [3.8, 4) is 0 Å². The normalized spacial score (nSPS) is 19.2. The van der Waals surface area contributed by atoms with Gasteiger partial charge in [0, 0.05) is 17.3 Å². The largest absolute Gasteiger partial charge is 0.263 e. The van der Waals surface area contributed by atoms with Crippen LogP contribution in [-0.2, 0) is 10.0 Å². The Balaban J connectivity index is 2.55. The van der Waals surface area contributed by atoms with Crippen molar-refractivity contribution < 1.29 is 8.42 Å². The fraction of sp³-hybridized carbons (Fsp3) is 0.417. The highest BCUT2D eigenvalue weighted by atomic mass is 35.5. The molecular formula is C12H14Cl2N2O2S. The molecule has 19 heavy (non-hydrogen) atoms. The van der Waals surface area contributed by atoms with Crippen molar-refractivity contribution in [3.05, 3.63) is 29.8 Å². The van der Waals surface area contributed by atoms with E-state index in [1.807, 2.05) is 6.92 Å². The first kappa shape index (κ1) is 14.6. The first-order valence-electron chi connectivity index (χ1n) is 5.82. The number of fused-ring (bicyclic) bond motifs is 1. The van der Waals surface area contributed by atoms with Crippen LogP contribution in [-0.4, -0.2) is 31.6 Å². The summed E-state index contributed by atoms with van der Waals surface area (Å²) < 4.78 is 26.4. The first-order chi connectivity index (χ1) is 8.98. The van der Waals surface area contributed by atoms with E-state index < -0.39 is 15.6 Å². The molecule has 0 radical (unpaired) electrons. The van der Waals surface area contributed by atoms with Crippen LogP contribution < -0.4 is 4.72 Å². The number of amidine groups is 1. The predicted molar refractivity (Wildman–Crippen MR) is 77.8 cm³/mol. The number of sulfonamides is 1. The van der Waals surface area contributed by atoms with Gasteiger partial charge in [0.15, 0.2) is 0 Å². The second-order valence-electron chi connectivity index (χ2n) is 4.41. The zero-order chi connectivity index (χ0) is 14.1. The number of hydrogen-bond acceptors (Lipinski definition) is 3. The van der Waals surface area contributed by atoms with Crippen LogP contribution in [0.4, 0.5) is 0 Å². The van der Waals surface area contributed by atoms with E-state index in [0.717, 1.165) is 0 Å². The van der Waals surface area contributed by atoms with Gasteiger partial charge in [-0.2, -0.15) is 0 Å². The standard InChI is InChI=1S/C12H14Cl2N2O2S/c1-2-12(7-13,8-14)15-11-9-5-3-4-6-10(9)19(17,18)16-11/h3-6H,2,7-8H2,1H3,(H,15,16). The molecule has 104 valence electrons. The molecule has 1 N–H and O–H groups in total. The number of aliphatic imine (C=N–C) groups is 1. The maximum absolute atomic E-state index is 12.0.